The molecule has 2 heterocycles. The van der Waals surface area contributed by atoms with Crippen LogP contribution in [0.15, 0.2) is 18.2 Å². The van der Waals surface area contributed by atoms with Gasteiger partial charge in [-0.1, -0.05) is 11.3 Å². The lowest BCUT2D eigenvalue weighted by atomic mass is 10.3. The van der Waals surface area contributed by atoms with Gasteiger partial charge < -0.3 is 10.1 Å². The van der Waals surface area contributed by atoms with E-state index in [1.807, 2.05) is 0 Å². The van der Waals surface area contributed by atoms with Gasteiger partial charge in [-0.05, 0) is 18.6 Å². The SMILES string of the molecule is Fc1ccc2sc(NC3CCOC3)nc2c1. The molecular formula is C11H11FN2OS. The van der Waals surface area contributed by atoms with Crippen LogP contribution in [-0.4, -0.2) is 24.2 Å². The van der Waals surface area contributed by atoms with E-state index in [1.54, 1.807) is 17.4 Å². The fourth-order valence-electron chi connectivity index (χ4n) is 1.79. The second-order valence-electron chi connectivity index (χ2n) is 3.84. The fourth-order valence-corrected chi connectivity index (χ4v) is 2.71. The molecule has 5 heteroatoms. The molecule has 1 aliphatic rings. The van der Waals surface area contributed by atoms with Crippen molar-refractivity contribution in [1.29, 1.82) is 0 Å². The van der Waals surface area contributed by atoms with E-state index in [0.29, 0.717) is 11.6 Å². The third kappa shape index (κ3) is 1.88. The quantitative estimate of drug-likeness (QED) is 0.873. The first-order chi connectivity index (χ1) is 7.81. The average Bonchev–Trinajstić information content (AvgIpc) is 2.86. The van der Waals surface area contributed by atoms with Gasteiger partial charge in [0.2, 0.25) is 0 Å². The Bertz CT molecular complexity index is 508. The first kappa shape index (κ1) is 9.99. The number of hydrogen-bond donors (Lipinski definition) is 1. The van der Waals surface area contributed by atoms with E-state index >= 15 is 0 Å². The Labute approximate surface area is 96.3 Å². The summed E-state index contributed by atoms with van der Waals surface area (Å²) in [6.45, 7) is 1.53. The molecule has 2 aromatic rings. The summed E-state index contributed by atoms with van der Waals surface area (Å²) in [6, 6.07) is 5.02. The minimum absolute atomic E-state index is 0.242. The standard InChI is InChI=1S/C11H11FN2OS/c12-7-1-2-10-9(5-7)14-11(16-10)13-8-3-4-15-6-8/h1-2,5,8H,3-4,6H2,(H,13,14). The summed E-state index contributed by atoms with van der Waals surface area (Å²) in [6.07, 6.45) is 1.00. The van der Waals surface area contributed by atoms with Crippen molar-refractivity contribution in [1.82, 2.24) is 4.98 Å². The van der Waals surface area contributed by atoms with Crippen molar-refractivity contribution >= 4 is 26.7 Å². The molecule has 1 saturated heterocycles. The number of aromatic nitrogens is 1. The van der Waals surface area contributed by atoms with Crippen LogP contribution < -0.4 is 5.32 Å². The highest BCUT2D eigenvalue weighted by Gasteiger charge is 2.16. The third-order valence-electron chi connectivity index (χ3n) is 2.61. The number of halogens is 1. The molecular weight excluding hydrogens is 227 g/mol. The number of thiazole rings is 1. The van der Waals surface area contributed by atoms with Crippen LogP contribution in [0.1, 0.15) is 6.42 Å². The van der Waals surface area contributed by atoms with Crippen LogP contribution in [0.5, 0.6) is 0 Å². The van der Waals surface area contributed by atoms with E-state index < -0.39 is 0 Å². The van der Waals surface area contributed by atoms with E-state index in [0.717, 1.165) is 29.5 Å². The number of hydrogen-bond acceptors (Lipinski definition) is 4. The zero-order chi connectivity index (χ0) is 11.0. The predicted octanol–water partition coefficient (Wildman–Crippen LogP) is 2.64. The maximum Gasteiger partial charge on any atom is 0.184 e. The Hall–Kier alpha value is -1.20. The van der Waals surface area contributed by atoms with Crippen LogP contribution >= 0.6 is 11.3 Å². The smallest absolute Gasteiger partial charge is 0.184 e. The summed E-state index contributed by atoms with van der Waals surface area (Å²) in [5, 5.41) is 4.15. The number of nitrogens with one attached hydrogen (secondary N) is 1. The Balaban J connectivity index is 1.86. The average molecular weight is 238 g/mol. The fraction of sp³-hybridized carbons (Fsp3) is 0.364. The van der Waals surface area contributed by atoms with Gasteiger partial charge in [-0.15, -0.1) is 0 Å². The third-order valence-corrected chi connectivity index (χ3v) is 3.57. The number of nitrogens with zero attached hydrogens (tertiary/aromatic N) is 1. The maximum atomic E-state index is 13.0. The van der Waals surface area contributed by atoms with Gasteiger partial charge >= 0.3 is 0 Å². The molecule has 1 aliphatic heterocycles. The largest absolute Gasteiger partial charge is 0.379 e. The highest BCUT2D eigenvalue weighted by molar-refractivity contribution is 7.22. The normalized spacial score (nSPS) is 20.4. The van der Waals surface area contributed by atoms with Gasteiger partial charge in [0, 0.05) is 12.7 Å². The molecule has 0 spiro atoms. The molecule has 3 nitrogen and oxygen atoms in total. The monoisotopic (exact) mass is 238 g/mol. The number of rotatable bonds is 2. The minimum Gasteiger partial charge on any atom is -0.379 e. The predicted molar refractivity (Wildman–Crippen MR) is 62.4 cm³/mol. The molecule has 16 heavy (non-hydrogen) atoms. The van der Waals surface area contributed by atoms with Crippen LogP contribution in [0.25, 0.3) is 10.2 Å². The first-order valence-corrected chi connectivity index (χ1v) is 6.03. The van der Waals surface area contributed by atoms with Crippen molar-refractivity contribution in [3.63, 3.8) is 0 Å². The molecule has 1 fully saturated rings. The highest BCUT2D eigenvalue weighted by Crippen LogP contribution is 2.27. The van der Waals surface area contributed by atoms with Crippen LogP contribution in [0, 0.1) is 5.82 Å². The van der Waals surface area contributed by atoms with Crippen molar-refractivity contribution < 1.29 is 9.13 Å². The zero-order valence-electron chi connectivity index (χ0n) is 8.57. The molecule has 1 N–H and O–H groups in total. The van der Waals surface area contributed by atoms with Gasteiger partial charge in [0.05, 0.1) is 22.9 Å². The van der Waals surface area contributed by atoms with E-state index in [4.69, 9.17) is 4.74 Å². The molecule has 1 atom stereocenters. The molecule has 0 aliphatic carbocycles. The molecule has 84 valence electrons. The Kier molecular flexibility index (Phi) is 2.49. The van der Waals surface area contributed by atoms with Crippen molar-refractivity contribution in [2.75, 3.05) is 18.5 Å². The topological polar surface area (TPSA) is 34.1 Å². The molecule has 1 unspecified atom stereocenters. The van der Waals surface area contributed by atoms with E-state index in [9.17, 15) is 4.39 Å². The Morgan fingerprint density at radius 1 is 1.50 bits per heavy atom. The first-order valence-electron chi connectivity index (χ1n) is 5.21. The number of ether oxygens (including phenoxy) is 1. The van der Waals surface area contributed by atoms with Gasteiger partial charge in [0.1, 0.15) is 5.82 Å². The molecule has 0 amide bonds. The number of fused-ring (bicyclic) bond motifs is 1. The lowest BCUT2D eigenvalue weighted by molar-refractivity contribution is 0.195. The van der Waals surface area contributed by atoms with Crippen molar-refractivity contribution in [3.05, 3.63) is 24.0 Å². The maximum absolute atomic E-state index is 13.0. The summed E-state index contributed by atoms with van der Waals surface area (Å²) in [5.41, 5.74) is 0.714. The van der Waals surface area contributed by atoms with Crippen molar-refractivity contribution in [2.45, 2.75) is 12.5 Å². The summed E-state index contributed by atoms with van der Waals surface area (Å²) in [4.78, 5) is 4.35. The molecule has 1 aromatic heterocycles. The van der Waals surface area contributed by atoms with Gasteiger partial charge in [0.15, 0.2) is 5.13 Å². The Morgan fingerprint density at radius 3 is 3.25 bits per heavy atom. The molecule has 1 aromatic carbocycles. The van der Waals surface area contributed by atoms with Crippen molar-refractivity contribution in [2.24, 2.45) is 0 Å². The zero-order valence-corrected chi connectivity index (χ0v) is 9.39. The highest BCUT2D eigenvalue weighted by atomic mass is 32.1. The van der Waals surface area contributed by atoms with Crippen molar-refractivity contribution in [3.8, 4) is 0 Å². The lowest BCUT2D eigenvalue weighted by Crippen LogP contribution is -2.18. The number of benzene rings is 1. The van der Waals surface area contributed by atoms with Crippen LogP contribution in [0.3, 0.4) is 0 Å². The van der Waals surface area contributed by atoms with Gasteiger partial charge in [-0.25, -0.2) is 9.37 Å². The molecule has 0 bridgehead atoms. The van der Waals surface area contributed by atoms with Gasteiger partial charge in [-0.2, -0.15) is 0 Å². The molecule has 0 radical (unpaired) electrons. The number of anilines is 1. The lowest BCUT2D eigenvalue weighted by Gasteiger charge is -2.07. The van der Waals surface area contributed by atoms with Gasteiger partial charge in [-0.3, -0.25) is 0 Å². The van der Waals surface area contributed by atoms with E-state index in [2.05, 4.69) is 10.3 Å². The van der Waals surface area contributed by atoms with E-state index in [-0.39, 0.29) is 5.82 Å². The molecule has 3 rings (SSSR count). The van der Waals surface area contributed by atoms with Crippen LogP contribution in [-0.2, 0) is 4.74 Å². The summed E-state index contributed by atoms with van der Waals surface area (Å²) in [5.74, 6) is -0.242. The second-order valence-corrected chi connectivity index (χ2v) is 4.87. The minimum atomic E-state index is -0.242. The summed E-state index contributed by atoms with van der Waals surface area (Å²) < 4.78 is 19.3. The van der Waals surface area contributed by atoms with E-state index in [1.165, 1.54) is 12.1 Å². The second kappa shape index (κ2) is 3.99. The van der Waals surface area contributed by atoms with Crippen LogP contribution in [0.4, 0.5) is 9.52 Å². The Morgan fingerprint density at radius 2 is 2.44 bits per heavy atom. The molecule has 0 saturated carbocycles. The van der Waals surface area contributed by atoms with Crippen LogP contribution in [0.2, 0.25) is 0 Å². The summed E-state index contributed by atoms with van der Waals surface area (Å²) in [7, 11) is 0. The van der Waals surface area contributed by atoms with Gasteiger partial charge in [0.25, 0.3) is 0 Å². The summed E-state index contributed by atoms with van der Waals surface area (Å²) >= 11 is 1.55.